The molecule has 0 saturated carbocycles. The Balaban J connectivity index is 1.81. The van der Waals surface area contributed by atoms with E-state index < -0.39 is 0 Å². The molecule has 6 nitrogen and oxygen atoms in total. The molecule has 0 unspecified atom stereocenters. The lowest BCUT2D eigenvalue weighted by molar-refractivity contribution is 0.235. The lowest BCUT2D eigenvalue weighted by Gasteiger charge is -2.20. The topological polar surface area (TPSA) is 59.0 Å². The first kappa shape index (κ1) is 73.8. The first-order chi connectivity index (χ1) is 41.2. The summed E-state index contributed by atoms with van der Waals surface area (Å²) in [5.74, 6) is 4.05. The minimum absolute atomic E-state index is 0.654. The summed E-state index contributed by atoms with van der Waals surface area (Å²) in [6.07, 6.45) is 67.2. The van der Waals surface area contributed by atoms with Crippen LogP contribution in [0.3, 0.4) is 0 Å². The Kier molecular flexibility index (Phi) is 49.1. The maximum absolute atomic E-state index is 6.95. The second-order valence-electron chi connectivity index (χ2n) is 25.0. The van der Waals surface area contributed by atoms with E-state index in [0.29, 0.717) is 26.4 Å². The lowest BCUT2D eigenvalue weighted by atomic mass is 10.0. The van der Waals surface area contributed by atoms with Crippen LogP contribution in [-0.4, -0.2) is 38.0 Å². The molecule has 0 spiro atoms. The van der Waals surface area contributed by atoms with Gasteiger partial charge >= 0.3 is 0 Å². The Hall–Kier alpha value is -3.41. The van der Waals surface area contributed by atoms with Crippen LogP contribution in [0.15, 0.2) is 48.7 Å². The molecule has 0 radical (unpaired) electrons. The number of benzene rings is 2. The molecule has 83 heavy (non-hydrogen) atoms. The summed E-state index contributed by atoms with van der Waals surface area (Å²) in [5.41, 5.74) is 3.98. The van der Waals surface area contributed by atoms with Gasteiger partial charge in [-0.05, 0) is 68.5 Å². The van der Waals surface area contributed by atoms with E-state index >= 15 is 0 Å². The Labute approximate surface area is 514 Å². The molecule has 0 atom stereocenters. The maximum atomic E-state index is 6.95. The molecule has 3 rings (SSSR count). The molecule has 6 heteroatoms. The van der Waals surface area contributed by atoms with Crippen LogP contribution in [0.1, 0.15) is 356 Å². The van der Waals surface area contributed by atoms with E-state index in [-0.39, 0.29) is 0 Å². The molecule has 0 fully saturated rings. The third-order valence-electron chi connectivity index (χ3n) is 17.1. The molecule has 0 bridgehead atoms. The smallest absolute Gasteiger partial charge is 0.204 e. The summed E-state index contributed by atoms with van der Waals surface area (Å²) >= 11 is 0. The Morgan fingerprint density at radius 2 is 0.518 bits per heavy atom. The SMILES string of the molecule is CCCCCCCCCCCCOc1ccc(-c2ccc(-c3ccc(OCCCCCCCCCCCC)c(OCCCCCCCCCCCC)c3OCCCCCCCCCCCC)cn2)cc1OCCCCCCCCCCCC. The van der Waals surface area contributed by atoms with Crippen LogP contribution in [0.5, 0.6) is 28.7 Å². The van der Waals surface area contributed by atoms with Crippen LogP contribution in [0.2, 0.25) is 0 Å². The summed E-state index contributed by atoms with van der Waals surface area (Å²) in [5, 5.41) is 0. The summed E-state index contributed by atoms with van der Waals surface area (Å²) in [6.45, 7) is 14.9. The summed E-state index contributed by atoms with van der Waals surface area (Å²) in [4.78, 5) is 5.16. The first-order valence-electron chi connectivity index (χ1n) is 36.6. The normalized spacial score (nSPS) is 11.4. The van der Waals surface area contributed by atoms with E-state index in [1.807, 2.05) is 6.20 Å². The highest BCUT2D eigenvalue weighted by Crippen LogP contribution is 2.46. The van der Waals surface area contributed by atoms with Crippen LogP contribution in [-0.2, 0) is 0 Å². The van der Waals surface area contributed by atoms with E-state index in [2.05, 4.69) is 77.1 Å². The summed E-state index contributed by atoms with van der Waals surface area (Å²) < 4.78 is 33.6. The van der Waals surface area contributed by atoms with Gasteiger partial charge in [-0.25, -0.2) is 0 Å². The molecule has 0 saturated heterocycles. The number of unbranched alkanes of at least 4 members (excludes halogenated alkanes) is 45. The van der Waals surface area contributed by atoms with Gasteiger partial charge in [0, 0.05) is 22.9 Å². The van der Waals surface area contributed by atoms with E-state index in [0.717, 1.165) is 89.8 Å². The second-order valence-corrected chi connectivity index (χ2v) is 25.0. The molecule has 0 aliphatic heterocycles. The van der Waals surface area contributed by atoms with Crippen molar-refractivity contribution < 1.29 is 23.7 Å². The number of hydrogen-bond donors (Lipinski definition) is 0. The van der Waals surface area contributed by atoms with Crippen LogP contribution in [0.25, 0.3) is 22.4 Å². The van der Waals surface area contributed by atoms with Crippen molar-refractivity contribution in [2.45, 2.75) is 356 Å². The van der Waals surface area contributed by atoms with Crippen LogP contribution >= 0.6 is 0 Å². The van der Waals surface area contributed by atoms with Crippen molar-refractivity contribution >= 4 is 0 Å². The standard InChI is InChI=1S/C77H133NO5/c1-6-11-16-21-26-31-36-41-46-51-62-79-73-60-57-69(67-75(73)81-64-53-48-43-38-33-28-23-18-13-8-3)72-59-56-70(68-78-72)71-58-61-74(80-63-52-47-42-37-32-27-22-17-12-7-2)77(83-66-55-50-45-40-35-30-25-20-15-10-5)76(71)82-65-54-49-44-39-34-29-24-19-14-9-4/h56-61,67-68H,6-55,62-66H2,1-5H3. The highest BCUT2D eigenvalue weighted by atomic mass is 16.5. The van der Waals surface area contributed by atoms with Crippen molar-refractivity contribution in [3.05, 3.63) is 48.7 Å². The minimum Gasteiger partial charge on any atom is -0.490 e. The third-order valence-corrected chi connectivity index (χ3v) is 17.1. The van der Waals surface area contributed by atoms with E-state index in [9.17, 15) is 0 Å². The molecule has 1 aromatic heterocycles. The monoisotopic (exact) mass is 1150 g/mol. The number of hydrogen-bond acceptors (Lipinski definition) is 6. The highest BCUT2D eigenvalue weighted by molar-refractivity contribution is 5.77. The summed E-state index contributed by atoms with van der Waals surface area (Å²) in [6, 6.07) is 15.1. The van der Waals surface area contributed by atoms with Crippen molar-refractivity contribution in [3.8, 4) is 51.1 Å². The largest absolute Gasteiger partial charge is 0.490 e. The fourth-order valence-corrected chi connectivity index (χ4v) is 11.6. The molecular weight excluding hydrogens is 1020 g/mol. The molecular formula is C77H133NO5. The van der Waals surface area contributed by atoms with Crippen LogP contribution in [0.4, 0.5) is 0 Å². The molecule has 1 heterocycles. The molecule has 0 N–H and O–H groups in total. The van der Waals surface area contributed by atoms with Gasteiger partial charge < -0.3 is 23.7 Å². The number of ether oxygens (including phenoxy) is 5. The number of nitrogens with zero attached hydrogens (tertiary/aromatic N) is 1. The zero-order chi connectivity index (χ0) is 59.0. The van der Waals surface area contributed by atoms with Gasteiger partial charge in [0.25, 0.3) is 0 Å². The van der Waals surface area contributed by atoms with Crippen LogP contribution in [0, 0.1) is 0 Å². The lowest BCUT2D eigenvalue weighted by Crippen LogP contribution is -2.07. The van der Waals surface area contributed by atoms with E-state index in [4.69, 9.17) is 28.7 Å². The predicted octanol–water partition coefficient (Wildman–Crippen LogP) is 25.9. The predicted molar refractivity (Wildman–Crippen MR) is 362 cm³/mol. The third kappa shape index (κ3) is 38.4. The van der Waals surface area contributed by atoms with Gasteiger partial charge in [-0.3, -0.25) is 4.98 Å². The number of pyridine rings is 1. The average molecular weight is 1150 g/mol. The molecule has 0 aliphatic rings. The quantitative estimate of drug-likeness (QED) is 0.0525. The zero-order valence-corrected chi connectivity index (χ0v) is 55.5. The van der Waals surface area contributed by atoms with Crippen molar-refractivity contribution in [1.29, 1.82) is 0 Å². The Morgan fingerprint density at radius 1 is 0.241 bits per heavy atom. The first-order valence-corrected chi connectivity index (χ1v) is 36.6. The fraction of sp³-hybridized carbons (Fsp3) is 0.779. The second kappa shape index (κ2) is 55.2. The van der Waals surface area contributed by atoms with Gasteiger partial charge in [0.15, 0.2) is 23.0 Å². The minimum atomic E-state index is 0.654. The van der Waals surface area contributed by atoms with Gasteiger partial charge in [0.2, 0.25) is 5.75 Å². The van der Waals surface area contributed by atoms with E-state index in [1.165, 1.54) is 289 Å². The molecule has 2 aromatic carbocycles. The molecule has 476 valence electrons. The van der Waals surface area contributed by atoms with Gasteiger partial charge in [-0.2, -0.15) is 0 Å². The van der Waals surface area contributed by atoms with Crippen molar-refractivity contribution in [3.63, 3.8) is 0 Å². The van der Waals surface area contributed by atoms with Crippen molar-refractivity contribution in [2.75, 3.05) is 33.0 Å². The summed E-state index contributed by atoms with van der Waals surface area (Å²) in [7, 11) is 0. The number of rotatable bonds is 62. The van der Waals surface area contributed by atoms with Crippen molar-refractivity contribution in [1.82, 2.24) is 4.98 Å². The van der Waals surface area contributed by atoms with Gasteiger partial charge in [0.05, 0.1) is 38.7 Å². The Morgan fingerprint density at radius 3 is 0.855 bits per heavy atom. The van der Waals surface area contributed by atoms with E-state index in [1.54, 1.807) is 0 Å². The Bertz CT molecular complexity index is 1860. The molecule has 0 aliphatic carbocycles. The molecule has 3 aromatic rings. The van der Waals surface area contributed by atoms with Gasteiger partial charge in [0.1, 0.15) is 0 Å². The average Bonchev–Trinajstić information content (AvgIpc) is 3.63. The van der Waals surface area contributed by atoms with Crippen LogP contribution < -0.4 is 23.7 Å². The molecule has 0 amide bonds. The van der Waals surface area contributed by atoms with Gasteiger partial charge in [-0.1, -0.05) is 330 Å². The van der Waals surface area contributed by atoms with Crippen molar-refractivity contribution in [2.24, 2.45) is 0 Å². The van der Waals surface area contributed by atoms with Gasteiger partial charge in [-0.15, -0.1) is 0 Å². The number of aromatic nitrogens is 1. The maximum Gasteiger partial charge on any atom is 0.204 e. The zero-order valence-electron chi connectivity index (χ0n) is 55.5. The fourth-order valence-electron chi connectivity index (χ4n) is 11.6. The highest BCUT2D eigenvalue weighted by Gasteiger charge is 2.21.